The molecule has 1 heterocycles. The van der Waals surface area contributed by atoms with Gasteiger partial charge in [0.1, 0.15) is 11.5 Å². The van der Waals surface area contributed by atoms with E-state index >= 15 is 0 Å². The standard InChI is InChI=1S/C17H16N2O4/c20-12-6-5-11(13(21)7-12)8-18-19-16(22)14-9-1-2-10(4-3-9)15(14)17(19)23/h1-2,5-10,14-15,20-21H,3-4H2. The molecule has 1 aromatic carbocycles. The highest BCUT2D eigenvalue weighted by Crippen LogP contribution is 2.49. The van der Waals surface area contributed by atoms with Crippen molar-refractivity contribution in [2.24, 2.45) is 28.8 Å². The van der Waals surface area contributed by atoms with E-state index in [2.05, 4.69) is 17.3 Å². The molecule has 2 fully saturated rings. The number of fused-ring (bicyclic) bond motifs is 1. The first-order valence-electron chi connectivity index (χ1n) is 7.68. The number of carbonyl (C=O) groups is 2. The number of phenolic OH excluding ortho intramolecular Hbond substituents is 2. The van der Waals surface area contributed by atoms with Gasteiger partial charge >= 0.3 is 0 Å². The molecule has 118 valence electrons. The minimum Gasteiger partial charge on any atom is -0.508 e. The molecule has 23 heavy (non-hydrogen) atoms. The van der Waals surface area contributed by atoms with Gasteiger partial charge in [-0.1, -0.05) is 12.2 Å². The summed E-state index contributed by atoms with van der Waals surface area (Å²) in [6, 6.07) is 4.05. The predicted octanol–water partition coefficient (Wildman–Crippen LogP) is 1.63. The number of rotatable bonds is 2. The van der Waals surface area contributed by atoms with E-state index in [1.165, 1.54) is 24.4 Å². The summed E-state index contributed by atoms with van der Waals surface area (Å²) in [4.78, 5) is 25.1. The number of aromatic hydroxyl groups is 2. The monoisotopic (exact) mass is 312 g/mol. The Morgan fingerprint density at radius 1 is 1.04 bits per heavy atom. The number of imide groups is 1. The van der Waals surface area contributed by atoms with Crippen LogP contribution >= 0.6 is 0 Å². The van der Waals surface area contributed by atoms with E-state index < -0.39 is 0 Å². The number of hydrogen-bond donors (Lipinski definition) is 2. The number of hydrazone groups is 1. The van der Waals surface area contributed by atoms with Crippen LogP contribution in [-0.4, -0.2) is 33.3 Å². The number of phenols is 2. The molecule has 1 aromatic rings. The molecule has 0 aromatic heterocycles. The highest BCUT2D eigenvalue weighted by Gasteiger charge is 2.56. The maximum atomic E-state index is 12.6. The number of hydrogen-bond acceptors (Lipinski definition) is 5. The lowest BCUT2D eigenvalue weighted by atomic mass is 9.63. The summed E-state index contributed by atoms with van der Waals surface area (Å²) in [5.74, 6) is -1.07. The summed E-state index contributed by atoms with van der Waals surface area (Å²) >= 11 is 0. The van der Waals surface area contributed by atoms with Gasteiger partial charge in [0.25, 0.3) is 11.8 Å². The summed E-state index contributed by atoms with van der Waals surface area (Å²) < 4.78 is 0. The maximum Gasteiger partial charge on any atom is 0.254 e. The zero-order valence-electron chi connectivity index (χ0n) is 12.3. The van der Waals surface area contributed by atoms with Gasteiger partial charge < -0.3 is 10.2 Å². The first-order valence-corrected chi connectivity index (χ1v) is 7.68. The van der Waals surface area contributed by atoms with E-state index in [0.29, 0.717) is 5.56 Å². The Morgan fingerprint density at radius 3 is 2.17 bits per heavy atom. The maximum absolute atomic E-state index is 12.6. The largest absolute Gasteiger partial charge is 0.508 e. The zero-order chi connectivity index (χ0) is 16.1. The van der Waals surface area contributed by atoms with Gasteiger partial charge in [-0.25, -0.2) is 0 Å². The third-order valence-corrected chi connectivity index (χ3v) is 5.06. The van der Waals surface area contributed by atoms with Crippen LogP contribution in [0.5, 0.6) is 11.5 Å². The van der Waals surface area contributed by atoms with Crippen LogP contribution in [0.1, 0.15) is 18.4 Å². The van der Waals surface area contributed by atoms with E-state index in [1.807, 2.05) is 0 Å². The summed E-state index contributed by atoms with van der Waals surface area (Å²) in [5.41, 5.74) is 0.333. The number of amides is 2. The molecular weight excluding hydrogens is 296 g/mol. The summed E-state index contributed by atoms with van der Waals surface area (Å²) in [6.45, 7) is 0. The Balaban J connectivity index is 1.62. The van der Waals surface area contributed by atoms with Crippen molar-refractivity contribution in [2.75, 3.05) is 0 Å². The lowest BCUT2D eigenvalue weighted by molar-refractivity contribution is -0.140. The third kappa shape index (κ3) is 2.05. The van der Waals surface area contributed by atoms with E-state index in [4.69, 9.17) is 0 Å². The second-order valence-electron chi connectivity index (χ2n) is 6.32. The van der Waals surface area contributed by atoms with Crippen molar-refractivity contribution in [1.29, 1.82) is 0 Å². The van der Waals surface area contributed by atoms with Crippen molar-refractivity contribution >= 4 is 18.0 Å². The molecule has 0 radical (unpaired) electrons. The second kappa shape index (κ2) is 4.94. The van der Waals surface area contributed by atoms with Crippen molar-refractivity contribution in [1.82, 2.24) is 5.01 Å². The van der Waals surface area contributed by atoms with Gasteiger partial charge in [-0.3, -0.25) is 9.59 Å². The van der Waals surface area contributed by atoms with E-state index in [1.54, 1.807) is 0 Å². The van der Waals surface area contributed by atoms with Crippen LogP contribution in [0.4, 0.5) is 0 Å². The molecule has 6 nitrogen and oxygen atoms in total. The van der Waals surface area contributed by atoms with Crippen molar-refractivity contribution in [3.63, 3.8) is 0 Å². The molecule has 4 unspecified atom stereocenters. The fourth-order valence-electron chi connectivity index (χ4n) is 3.93. The van der Waals surface area contributed by atoms with Crippen LogP contribution in [0.2, 0.25) is 0 Å². The Labute approximate surface area is 132 Å². The van der Waals surface area contributed by atoms with Crippen molar-refractivity contribution in [2.45, 2.75) is 12.8 Å². The van der Waals surface area contributed by atoms with E-state index in [0.717, 1.165) is 17.9 Å². The lowest BCUT2D eigenvalue weighted by Gasteiger charge is -2.37. The predicted molar refractivity (Wildman–Crippen MR) is 81.6 cm³/mol. The van der Waals surface area contributed by atoms with Gasteiger partial charge in [0, 0.05) is 11.6 Å². The fraction of sp³-hybridized carbons (Fsp3) is 0.353. The molecule has 4 atom stereocenters. The first-order chi connectivity index (χ1) is 11.1. The molecule has 1 aliphatic heterocycles. The van der Waals surface area contributed by atoms with Gasteiger partial charge in [0.15, 0.2) is 0 Å². The molecule has 6 heteroatoms. The zero-order valence-corrected chi connectivity index (χ0v) is 12.3. The summed E-state index contributed by atoms with van der Waals surface area (Å²) in [7, 11) is 0. The van der Waals surface area contributed by atoms with E-state index in [-0.39, 0.29) is 47.0 Å². The Bertz CT molecular complexity index is 723. The van der Waals surface area contributed by atoms with Crippen LogP contribution in [0.25, 0.3) is 0 Å². The van der Waals surface area contributed by atoms with Crippen LogP contribution in [0.15, 0.2) is 35.5 Å². The molecule has 3 aliphatic carbocycles. The summed E-state index contributed by atoms with van der Waals surface area (Å²) in [5, 5.41) is 24.0. The van der Waals surface area contributed by atoms with Crippen molar-refractivity contribution < 1.29 is 19.8 Å². The van der Waals surface area contributed by atoms with Crippen LogP contribution in [0, 0.1) is 23.7 Å². The van der Waals surface area contributed by atoms with Gasteiger partial charge in [0.05, 0.1) is 18.1 Å². The van der Waals surface area contributed by atoms with Crippen molar-refractivity contribution in [3.8, 4) is 11.5 Å². The smallest absolute Gasteiger partial charge is 0.254 e. The number of benzene rings is 1. The normalized spacial score (nSPS) is 32.1. The van der Waals surface area contributed by atoms with Crippen molar-refractivity contribution in [3.05, 3.63) is 35.9 Å². The van der Waals surface area contributed by atoms with Gasteiger partial charge in [0.2, 0.25) is 0 Å². The molecule has 2 amide bonds. The van der Waals surface area contributed by atoms with Gasteiger partial charge in [-0.2, -0.15) is 10.1 Å². The Hall–Kier alpha value is -2.63. The third-order valence-electron chi connectivity index (χ3n) is 5.06. The number of carbonyl (C=O) groups excluding carboxylic acids is 2. The SMILES string of the molecule is O=C1C2C3C=CC(CC3)C2C(=O)N1N=Cc1ccc(O)cc1O. The Morgan fingerprint density at radius 2 is 1.65 bits per heavy atom. The van der Waals surface area contributed by atoms with E-state index in [9.17, 15) is 19.8 Å². The molecule has 5 rings (SSSR count). The quantitative estimate of drug-likeness (QED) is 0.493. The topological polar surface area (TPSA) is 90.2 Å². The molecule has 1 saturated heterocycles. The van der Waals surface area contributed by atoms with Crippen LogP contribution in [-0.2, 0) is 9.59 Å². The molecule has 2 N–H and O–H groups in total. The number of allylic oxidation sites excluding steroid dienone is 2. The lowest BCUT2D eigenvalue weighted by Crippen LogP contribution is -2.38. The first kappa shape index (κ1) is 14.0. The fourth-order valence-corrected chi connectivity index (χ4v) is 3.93. The molecule has 0 spiro atoms. The van der Waals surface area contributed by atoms with Crippen LogP contribution in [0.3, 0.4) is 0 Å². The highest BCUT2D eigenvalue weighted by molar-refractivity contribution is 6.06. The molecule has 4 aliphatic rings. The second-order valence-corrected chi connectivity index (χ2v) is 6.32. The van der Waals surface area contributed by atoms with Gasteiger partial charge in [-0.05, 0) is 36.8 Å². The highest BCUT2D eigenvalue weighted by atomic mass is 16.3. The molecule has 1 saturated carbocycles. The minimum absolute atomic E-state index is 0.0679. The molecular formula is C17H16N2O4. The van der Waals surface area contributed by atoms with Gasteiger partial charge in [-0.15, -0.1) is 0 Å². The average Bonchev–Trinajstić information content (AvgIpc) is 2.82. The molecule has 2 bridgehead atoms. The minimum atomic E-state index is -0.295. The number of nitrogens with zero attached hydrogens (tertiary/aromatic N) is 2. The van der Waals surface area contributed by atoms with Crippen LogP contribution < -0.4 is 0 Å². The Kier molecular flexibility index (Phi) is 3.01. The summed E-state index contributed by atoms with van der Waals surface area (Å²) in [6.07, 6.45) is 7.27. The average molecular weight is 312 g/mol.